The molecule has 0 bridgehead atoms. The second-order valence-electron chi connectivity index (χ2n) is 4.97. The summed E-state index contributed by atoms with van der Waals surface area (Å²) in [6, 6.07) is -0.0369. The third kappa shape index (κ3) is 3.96. The summed E-state index contributed by atoms with van der Waals surface area (Å²) in [6.07, 6.45) is 1.01. The third-order valence-corrected chi connectivity index (χ3v) is 3.67. The SMILES string of the molecule is CCCCC(N)C1CCCC(C(F)(F)F)C1. The van der Waals surface area contributed by atoms with E-state index < -0.39 is 12.1 Å². The van der Waals surface area contributed by atoms with E-state index in [1.54, 1.807) is 0 Å². The zero-order valence-corrected chi connectivity index (χ0v) is 9.89. The highest BCUT2D eigenvalue weighted by Crippen LogP contribution is 2.41. The lowest BCUT2D eigenvalue weighted by Crippen LogP contribution is -2.37. The van der Waals surface area contributed by atoms with Crippen LogP contribution in [0.15, 0.2) is 0 Å². The zero-order chi connectivity index (χ0) is 12.2. The Labute approximate surface area is 95.6 Å². The molecule has 0 saturated heterocycles. The minimum absolute atomic E-state index is 0.0369. The standard InChI is InChI=1S/C12H22F3N/c1-2-3-7-11(16)9-5-4-6-10(8-9)12(13,14)15/h9-11H,2-8,16H2,1H3. The molecule has 0 amide bonds. The molecule has 4 heteroatoms. The Bertz CT molecular complexity index is 203. The molecule has 1 fully saturated rings. The molecule has 0 radical (unpaired) electrons. The van der Waals surface area contributed by atoms with E-state index in [1.807, 2.05) is 0 Å². The number of hydrogen-bond acceptors (Lipinski definition) is 1. The van der Waals surface area contributed by atoms with Crippen LogP contribution in [0.1, 0.15) is 51.9 Å². The molecular weight excluding hydrogens is 215 g/mol. The Hall–Kier alpha value is -0.250. The van der Waals surface area contributed by atoms with Crippen LogP contribution in [0.3, 0.4) is 0 Å². The van der Waals surface area contributed by atoms with Crippen LogP contribution >= 0.6 is 0 Å². The lowest BCUT2D eigenvalue weighted by atomic mass is 9.76. The molecule has 0 spiro atoms. The fourth-order valence-electron chi connectivity index (χ4n) is 2.59. The molecule has 0 aromatic heterocycles. The largest absolute Gasteiger partial charge is 0.391 e. The second-order valence-corrected chi connectivity index (χ2v) is 4.97. The van der Waals surface area contributed by atoms with Gasteiger partial charge in [0, 0.05) is 6.04 Å². The van der Waals surface area contributed by atoms with E-state index in [0.29, 0.717) is 12.8 Å². The van der Waals surface area contributed by atoms with E-state index >= 15 is 0 Å². The number of rotatable bonds is 4. The number of nitrogens with two attached hydrogens (primary N) is 1. The lowest BCUT2D eigenvalue weighted by molar-refractivity contribution is -0.186. The maximum Gasteiger partial charge on any atom is 0.391 e. The highest BCUT2D eigenvalue weighted by Gasteiger charge is 2.42. The molecule has 1 nitrogen and oxygen atoms in total. The van der Waals surface area contributed by atoms with Gasteiger partial charge in [-0.3, -0.25) is 0 Å². The summed E-state index contributed by atoms with van der Waals surface area (Å²) >= 11 is 0. The Kier molecular flexibility index (Phi) is 5.09. The van der Waals surface area contributed by atoms with Crippen molar-refractivity contribution in [2.75, 3.05) is 0 Å². The molecule has 0 aliphatic heterocycles. The van der Waals surface area contributed by atoms with Gasteiger partial charge in [0.25, 0.3) is 0 Å². The van der Waals surface area contributed by atoms with Gasteiger partial charge in [-0.2, -0.15) is 13.2 Å². The Morgan fingerprint density at radius 3 is 2.56 bits per heavy atom. The molecule has 96 valence electrons. The zero-order valence-electron chi connectivity index (χ0n) is 9.89. The van der Waals surface area contributed by atoms with Crippen LogP contribution in [0.25, 0.3) is 0 Å². The number of halogens is 3. The molecule has 16 heavy (non-hydrogen) atoms. The molecule has 1 rings (SSSR count). The van der Waals surface area contributed by atoms with Gasteiger partial charge in [0.05, 0.1) is 5.92 Å². The van der Waals surface area contributed by atoms with Gasteiger partial charge in [-0.1, -0.05) is 26.2 Å². The molecule has 1 aliphatic carbocycles. The normalized spacial score (nSPS) is 29.1. The Balaban J connectivity index is 2.43. The topological polar surface area (TPSA) is 26.0 Å². The Morgan fingerprint density at radius 2 is 2.00 bits per heavy atom. The van der Waals surface area contributed by atoms with Gasteiger partial charge in [0.15, 0.2) is 0 Å². The highest BCUT2D eigenvalue weighted by atomic mass is 19.4. The summed E-state index contributed by atoms with van der Waals surface area (Å²) < 4.78 is 37.8. The fraction of sp³-hybridized carbons (Fsp3) is 1.00. The molecule has 1 aliphatic rings. The lowest BCUT2D eigenvalue weighted by Gasteiger charge is -2.33. The van der Waals surface area contributed by atoms with Gasteiger partial charge < -0.3 is 5.73 Å². The summed E-state index contributed by atoms with van der Waals surface area (Å²) in [5.74, 6) is -1.04. The first-order valence-corrected chi connectivity index (χ1v) is 6.27. The van der Waals surface area contributed by atoms with Crippen LogP contribution in [0.2, 0.25) is 0 Å². The van der Waals surface area contributed by atoms with Crippen LogP contribution in [0, 0.1) is 11.8 Å². The predicted molar refractivity (Wildman–Crippen MR) is 59.0 cm³/mol. The summed E-state index contributed by atoms with van der Waals surface area (Å²) in [5, 5.41) is 0. The van der Waals surface area contributed by atoms with Crippen molar-refractivity contribution in [2.45, 2.75) is 64.1 Å². The number of alkyl halides is 3. The average Bonchev–Trinajstić information content (AvgIpc) is 2.25. The number of hydrogen-bond donors (Lipinski definition) is 1. The maximum absolute atomic E-state index is 12.6. The predicted octanol–water partition coefficient (Wildman–Crippen LogP) is 3.87. The van der Waals surface area contributed by atoms with Crippen LogP contribution in [0.4, 0.5) is 13.2 Å². The monoisotopic (exact) mass is 237 g/mol. The van der Waals surface area contributed by atoms with E-state index in [2.05, 4.69) is 6.92 Å². The minimum Gasteiger partial charge on any atom is -0.327 e. The molecule has 3 unspecified atom stereocenters. The van der Waals surface area contributed by atoms with Gasteiger partial charge in [-0.25, -0.2) is 0 Å². The quantitative estimate of drug-likeness (QED) is 0.789. The molecular formula is C12H22F3N. The molecule has 0 heterocycles. The average molecular weight is 237 g/mol. The summed E-state index contributed by atoms with van der Waals surface area (Å²) in [6.45, 7) is 2.08. The van der Waals surface area contributed by atoms with Crippen molar-refractivity contribution in [2.24, 2.45) is 17.6 Å². The van der Waals surface area contributed by atoms with E-state index in [9.17, 15) is 13.2 Å². The van der Waals surface area contributed by atoms with Crippen LogP contribution in [-0.4, -0.2) is 12.2 Å². The Morgan fingerprint density at radius 1 is 1.31 bits per heavy atom. The first-order valence-electron chi connectivity index (χ1n) is 6.27. The summed E-state index contributed by atoms with van der Waals surface area (Å²) in [5.41, 5.74) is 5.97. The molecule has 0 aromatic rings. The van der Waals surface area contributed by atoms with Crippen LogP contribution in [-0.2, 0) is 0 Å². The second kappa shape index (κ2) is 5.89. The summed E-state index contributed by atoms with van der Waals surface area (Å²) in [4.78, 5) is 0. The smallest absolute Gasteiger partial charge is 0.327 e. The van der Waals surface area contributed by atoms with Crippen molar-refractivity contribution in [3.05, 3.63) is 0 Å². The van der Waals surface area contributed by atoms with Crippen molar-refractivity contribution in [1.82, 2.24) is 0 Å². The van der Waals surface area contributed by atoms with E-state index in [0.717, 1.165) is 25.7 Å². The fourth-order valence-corrected chi connectivity index (χ4v) is 2.59. The molecule has 3 atom stereocenters. The molecule has 1 saturated carbocycles. The van der Waals surface area contributed by atoms with Crippen molar-refractivity contribution >= 4 is 0 Å². The number of unbranched alkanes of at least 4 members (excludes halogenated alkanes) is 1. The summed E-state index contributed by atoms with van der Waals surface area (Å²) in [7, 11) is 0. The van der Waals surface area contributed by atoms with Crippen molar-refractivity contribution in [3.8, 4) is 0 Å². The van der Waals surface area contributed by atoms with Gasteiger partial charge in [0.2, 0.25) is 0 Å². The third-order valence-electron chi connectivity index (χ3n) is 3.67. The van der Waals surface area contributed by atoms with Crippen LogP contribution < -0.4 is 5.73 Å². The van der Waals surface area contributed by atoms with Gasteiger partial charge in [-0.15, -0.1) is 0 Å². The van der Waals surface area contributed by atoms with E-state index in [-0.39, 0.29) is 18.4 Å². The first-order chi connectivity index (χ1) is 7.45. The van der Waals surface area contributed by atoms with Crippen molar-refractivity contribution in [1.29, 1.82) is 0 Å². The van der Waals surface area contributed by atoms with Crippen LogP contribution in [0.5, 0.6) is 0 Å². The maximum atomic E-state index is 12.6. The van der Waals surface area contributed by atoms with Gasteiger partial charge >= 0.3 is 6.18 Å². The van der Waals surface area contributed by atoms with Gasteiger partial charge in [-0.05, 0) is 31.6 Å². The molecule has 0 aromatic carbocycles. The van der Waals surface area contributed by atoms with E-state index in [4.69, 9.17) is 5.73 Å². The highest BCUT2D eigenvalue weighted by molar-refractivity contribution is 4.83. The van der Waals surface area contributed by atoms with Crippen molar-refractivity contribution < 1.29 is 13.2 Å². The van der Waals surface area contributed by atoms with Crippen molar-refractivity contribution in [3.63, 3.8) is 0 Å². The first kappa shape index (κ1) is 13.8. The molecule has 2 N–H and O–H groups in total. The van der Waals surface area contributed by atoms with Gasteiger partial charge in [0.1, 0.15) is 0 Å². The van der Waals surface area contributed by atoms with E-state index in [1.165, 1.54) is 0 Å². The minimum atomic E-state index is -4.02.